The molecule has 0 bridgehead atoms. The minimum atomic E-state index is -3.61. The predicted octanol–water partition coefficient (Wildman–Crippen LogP) is 2.63. The average Bonchev–Trinajstić information content (AvgIpc) is 3.41. The van der Waals surface area contributed by atoms with E-state index in [4.69, 9.17) is 18.6 Å². The van der Waals surface area contributed by atoms with Gasteiger partial charge in [-0.2, -0.15) is 23.3 Å². The quantitative estimate of drug-likeness (QED) is 0.225. The van der Waals surface area contributed by atoms with E-state index in [0.29, 0.717) is 55.5 Å². The molecule has 192 valence electrons. The van der Waals surface area contributed by atoms with Crippen LogP contribution in [0.4, 0.5) is 5.82 Å². The molecule has 1 saturated heterocycles. The van der Waals surface area contributed by atoms with Crippen LogP contribution in [0, 0.1) is 0 Å². The second-order valence-corrected chi connectivity index (χ2v) is 17.3. The number of rotatable bonds is 10. The number of nitrogens with zero attached hydrogens (tertiary/aromatic N) is 6. The van der Waals surface area contributed by atoms with Gasteiger partial charge in [-0.3, -0.25) is 4.18 Å². The van der Waals surface area contributed by atoms with Crippen molar-refractivity contribution in [3.8, 4) is 5.82 Å². The van der Waals surface area contributed by atoms with Gasteiger partial charge in [-0.1, -0.05) is 19.6 Å². The molecule has 1 unspecified atom stereocenters. The zero-order valence-electron chi connectivity index (χ0n) is 21.0. The van der Waals surface area contributed by atoms with Gasteiger partial charge in [-0.05, 0) is 24.6 Å². The van der Waals surface area contributed by atoms with Gasteiger partial charge < -0.3 is 14.4 Å². The summed E-state index contributed by atoms with van der Waals surface area (Å²) in [5.41, 5.74) is 1.27. The SMILES string of the molecule is CC1COCCN1c1cc(COS(C)(=O)=O)c2cnn(-c3ccn(COCC[Si](C)(C)C)n3)c2n1. The first-order valence-corrected chi connectivity index (χ1v) is 17.2. The van der Waals surface area contributed by atoms with Gasteiger partial charge >= 0.3 is 0 Å². The highest BCUT2D eigenvalue weighted by Gasteiger charge is 2.23. The highest BCUT2D eigenvalue weighted by atomic mass is 32.2. The van der Waals surface area contributed by atoms with Gasteiger partial charge in [0.25, 0.3) is 10.1 Å². The molecular formula is C22H34N6O5SSi. The molecule has 3 aromatic heterocycles. The van der Waals surface area contributed by atoms with Crippen LogP contribution in [0.15, 0.2) is 24.5 Å². The summed E-state index contributed by atoms with van der Waals surface area (Å²) in [4.78, 5) is 7.04. The Morgan fingerprint density at radius 3 is 2.77 bits per heavy atom. The van der Waals surface area contributed by atoms with Gasteiger partial charge in [0.2, 0.25) is 0 Å². The molecule has 0 aromatic carbocycles. The first kappa shape index (κ1) is 25.8. The normalized spacial score (nSPS) is 17.4. The summed E-state index contributed by atoms with van der Waals surface area (Å²) in [5, 5.41) is 9.83. The Morgan fingerprint density at radius 2 is 2.06 bits per heavy atom. The van der Waals surface area contributed by atoms with E-state index in [1.807, 2.05) is 18.3 Å². The highest BCUT2D eigenvalue weighted by Crippen LogP contribution is 2.27. The smallest absolute Gasteiger partial charge is 0.264 e. The third-order valence-corrected chi connectivity index (χ3v) is 8.02. The fourth-order valence-electron chi connectivity index (χ4n) is 3.79. The van der Waals surface area contributed by atoms with Crippen LogP contribution in [0.25, 0.3) is 16.9 Å². The van der Waals surface area contributed by atoms with Crippen molar-refractivity contribution in [1.29, 1.82) is 0 Å². The molecule has 4 rings (SSSR count). The van der Waals surface area contributed by atoms with Crippen LogP contribution in [0.1, 0.15) is 12.5 Å². The molecule has 1 fully saturated rings. The second-order valence-electron chi connectivity index (χ2n) is 10.1. The largest absolute Gasteiger partial charge is 0.377 e. The number of anilines is 1. The maximum atomic E-state index is 11.7. The summed E-state index contributed by atoms with van der Waals surface area (Å²) in [7, 11) is -4.76. The lowest BCUT2D eigenvalue weighted by Crippen LogP contribution is -2.44. The first-order chi connectivity index (χ1) is 16.5. The van der Waals surface area contributed by atoms with E-state index in [0.717, 1.165) is 18.1 Å². The van der Waals surface area contributed by atoms with Crippen LogP contribution in [0.3, 0.4) is 0 Å². The summed E-state index contributed by atoms with van der Waals surface area (Å²) in [6, 6.07) is 4.94. The van der Waals surface area contributed by atoms with Crippen molar-refractivity contribution in [2.45, 2.75) is 52.0 Å². The molecule has 4 heterocycles. The molecule has 0 amide bonds. The number of hydrogen-bond acceptors (Lipinski definition) is 9. The fraction of sp³-hybridized carbons (Fsp3) is 0.591. The van der Waals surface area contributed by atoms with Crippen LogP contribution in [-0.2, 0) is 37.1 Å². The number of hydrogen-bond donors (Lipinski definition) is 0. The summed E-state index contributed by atoms with van der Waals surface area (Å²) in [5.74, 6) is 1.32. The van der Waals surface area contributed by atoms with Crippen molar-refractivity contribution in [2.24, 2.45) is 0 Å². The van der Waals surface area contributed by atoms with Crippen molar-refractivity contribution in [2.75, 3.05) is 37.5 Å². The van der Waals surface area contributed by atoms with E-state index in [9.17, 15) is 8.42 Å². The number of pyridine rings is 1. The van der Waals surface area contributed by atoms with E-state index in [-0.39, 0.29) is 12.6 Å². The van der Waals surface area contributed by atoms with Crippen molar-refractivity contribution in [1.82, 2.24) is 24.5 Å². The highest BCUT2D eigenvalue weighted by molar-refractivity contribution is 7.85. The van der Waals surface area contributed by atoms with Gasteiger partial charge in [-0.25, -0.2) is 9.67 Å². The maximum Gasteiger partial charge on any atom is 0.264 e. The number of fused-ring (bicyclic) bond motifs is 1. The molecule has 0 spiro atoms. The molecule has 3 aromatic rings. The molecule has 13 heteroatoms. The zero-order valence-corrected chi connectivity index (χ0v) is 22.8. The van der Waals surface area contributed by atoms with Gasteiger partial charge in [-0.15, -0.1) is 0 Å². The molecule has 0 N–H and O–H groups in total. The van der Waals surface area contributed by atoms with E-state index < -0.39 is 18.2 Å². The second kappa shape index (κ2) is 10.3. The number of ether oxygens (including phenoxy) is 2. The molecule has 0 radical (unpaired) electrons. The Balaban J connectivity index is 1.64. The lowest BCUT2D eigenvalue weighted by Gasteiger charge is -2.34. The standard InChI is InChI=1S/C22H34N6O5SSi/c1-17-14-31-9-8-27(17)21-12-18(15-33-34(2,29)30)19-13-23-28(22(19)24-21)20-6-7-26(25-20)16-32-10-11-35(3,4)5/h6-7,12-13,17H,8-11,14-16H2,1-5H3. The Bertz CT molecular complexity index is 1270. The lowest BCUT2D eigenvalue weighted by molar-refractivity contribution is 0.0785. The minimum absolute atomic E-state index is 0.103. The maximum absolute atomic E-state index is 11.7. The monoisotopic (exact) mass is 522 g/mol. The lowest BCUT2D eigenvalue weighted by atomic mass is 10.1. The van der Waals surface area contributed by atoms with Gasteiger partial charge in [0.1, 0.15) is 12.5 Å². The van der Waals surface area contributed by atoms with E-state index in [2.05, 4.69) is 41.7 Å². The van der Waals surface area contributed by atoms with Gasteiger partial charge in [0.15, 0.2) is 11.5 Å². The molecule has 0 aliphatic carbocycles. The van der Waals surface area contributed by atoms with E-state index in [1.54, 1.807) is 15.6 Å². The van der Waals surface area contributed by atoms with Crippen LogP contribution < -0.4 is 4.90 Å². The third kappa shape index (κ3) is 6.67. The number of morpholine rings is 1. The summed E-state index contributed by atoms with van der Waals surface area (Å²) >= 11 is 0. The molecule has 35 heavy (non-hydrogen) atoms. The Kier molecular flexibility index (Phi) is 7.62. The third-order valence-electron chi connectivity index (χ3n) is 5.77. The molecular weight excluding hydrogens is 488 g/mol. The molecule has 0 saturated carbocycles. The predicted molar refractivity (Wildman–Crippen MR) is 136 cm³/mol. The van der Waals surface area contributed by atoms with Gasteiger partial charge in [0.05, 0.1) is 38.3 Å². The fourth-order valence-corrected chi connectivity index (χ4v) is 4.89. The van der Waals surface area contributed by atoms with Gasteiger partial charge in [0, 0.05) is 38.9 Å². The van der Waals surface area contributed by atoms with E-state index in [1.165, 1.54) is 0 Å². The van der Waals surface area contributed by atoms with Crippen LogP contribution in [-0.4, -0.2) is 79.7 Å². The summed E-state index contributed by atoms with van der Waals surface area (Å²) in [6.45, 7) is 11.9. The molecule has 1 atom stereocenters. The first-order valence-electron chi connectivity index (χ1n) is 11.7. The Hall–Kier alpha value is -2.32. The zero-order chi connectivity index (χ0) is 25.2. The topological polar surface area (TPSA) is 114 Å². The average molecular weight is 523 g/mol. The van der Waals surface area contributed by atoms with Crippen molar-refractivity contribution >= 4 is 35.0 Å². The Labute approximate surface area is 207 Å². The Morgan fingerprint density at radius 1 is 1.26 bits per heavy atom. The number of aromatic nitrogens is 5. The molecule has 11 nitrogen and oxygen atoms in total. The molecule has 1 aliphatic rings. The van der Waals surface area contributed by atoms with Crippen molar-refractivity contribution < 1.29 is 22.1 Å². The van der Waals surface area contributed by atoms with E-state index >= 15 is 0 Å². The van der Waals surface area contributed by atoms with Crippen LogP contribution in [0.5, 0.6) is 0 Å². The van der Waals surface area contributed by atoms with Crippen molar-refractivity contribution in [3.63, 3.8) is 0 Å². The minimum Gasteiger partial charge on any atom is -0.377 e. The summed E-state index contributed by atoms with van der Waals surface area (Å²) < 4.78 is 43.2. The van der Waals surface area contributed by atoms with Crippen LogP contribution >= 0.6 is 0 Å². The van der Waals surface area contributed by atoms with Crippen LogP contribution in [0.2, 0.25) is 25.7 Å². The molecule has 1 aliphatic heterocycles. The summed E-state index contributed by atoms with van der Waals surface area (Å²) in [6.07, 6.45) is 4.55. The van der Waals surface area contributed by atoms with Crippen molar-refractivity contribution in [3.05, 3.63) is 30.1 Å².